The van der Waals surface area contributed by atoms with Gasteiger partial charge in [0.2, 0.25) is 10.0 Å². The minimum absolute atomic E-state index is 0.236. The van der Waals surface area contributed by atoms with Gasteiger partial charge in [-0.1, -0.05) is 6.92 Å². The van der Waals surface area contributed by atoms with Crippen molar-refractivity contribution in [2.75, 3.05) is 53.9 Å². The number of carbonyl (C=O) groups excluding carboxylic acids is 1. The molecule has 0 radical (unpaired) electrons. The molecule has 0 aliphatic carbocycles. The molecule has 3 rings (SSSR count). The predicted molar refractivity (Wildman–Crippen MR) is 118 cm³/mol. The zero-order valence-corrected chi connectivity index (χ0v) is 17.9. The third kappa shape index (κ3) is 5.71. The minimum atomic E-state index is -3.34. The Morgan fingerprint density at radius 1 is 1.00 bits per heavy atom. The Morgan fingerprint density at radius 3 is 2.17 bits per heavy atom. The second-order valence-corrected chi connectivity index (χ2v) is 9.08. The molecule has 1 saturated heterocycles. The maximum Gasteiger partial charge on any atom is 0.255 e. The van der Waals surface area contributed by atoms with Crippen molar-refractivity contribution >= 4 is 33.0 Å². The Balaban J connectivity index is 1.64. The van der Waals surface area contributed by atoms with Crippen LogP contribution in [0.1, 0.15) is 22.8 Å². The number of hydrogen-bond acceptors (Lipinski definition) is 5. The first kappa shape index (κ1) is 21.1. The Morgan fingerprint density at radius 2 is 1.62 bits per heavy atom. The molecule has 156 valence electrons. The Kier molecular flexibility index (Phi) is 6.44. The molecule has 29 heavy (non-hydrogen) atoms. The second-order valence-electron chi connectivity index (χ2n) is 7.33. The average Bonchev–Trinajstić information content (AvgIpc) is 2.67. The summed E-state index contributed by atoms with van der Waals surface area (Å²) in [4.78, 5) is 17.3. The summed E-state index contributed by atoms with van der Waals surface area (Å²) in [6.07, 6.45) is 1.09. The molecular formula is C21H28N4O3S. The fourth-order valence-corrected chi connectivity index (χ4v) is 4.06. The van der Waals surface area contributed by atoms with Crippen molar-refractivity contribution in [1.29, 1.82) is 0 Å². The van der Waals surface area contributed by atoms with Gasteiger partial charge in [-0.25, -0.2) is 8.42 Å². The number of nitrogens with zero attached hydrogens (tertiary/aromatic N) is 2. The molecule has 0 atom stereocenters. The van der Waals surface area contributed by atoms with Crippen molar-refractivity contribution in [2.24, 2.45) is 0 Å². The molecule has 2 aromatic carbocycles. The molecule has 1 aliphatic heterocycles. The molecule has 0 unspecified atom stereocenters. The Labute approximate surface area is 172 Å². The molecule has 1 heterocycles. The second kappa shape index (κ2) is 8.84. The molecule has 1 amide bonds. The molecule has 0 saturated carbocycles. The molecule has 7 nitrogen and oxygen atoms in total. The highest BCUT2D eigenvalue weighted by molar-refractivity contribution is 7.92. The lowest BCUT2D eigenvalue weighted by molar-refractivity contribution is 0.102. The van der Waals surface area contributed by atoms with Crippen molar-refractivity contribution in [2.45, 2.75) is 13.8 Å². The predicted octanol–water partition coefficient (Wildman–Crippen LogP) is 2.76. The SMILES string of the molecule is CCN1CCN(c2ccc(NC(=O)c3ccc(NS(C)(=O)=O)cc3)cc2C)CC1. The number of carbonyl (C=O) groups is 1. The first-order valence-electron chi connectivity index (χ1n) is 9.72. The van der Waals surface area contributed by atoms with Gasteiger partial charge in [0.05, 0.1) is 6.26 Å². The van der Waals surface area contributed by atoms with Crippen molar-refractivity contribution in [1.82, 2.24) is 4.90 Å². The standard InChI is InChI=1S/C21H28N4O3S/c1-4-24-11-13-25(14-12-24)20-10-9-19(15-16(20)2)22-21(26)17-5-7-18(8-6-17)23-29(3,27)28/h5-10,15,23H,4,11-14H2,1-3H3,(H,22,26). The third-order valence-corrected chi connectivity index (χ3v) is 5.67. The van der Waals surface area contributed by atoms with E-state index in [1.807, 2.05) is 12.1 Å². The fourth-order valence-electron chi connectivity index (χ4n) is 3.50. The number of benzene rings is 2. The number of amides is 1. The first-order valence-corrected chi connectivity index (χ1v) is 11.6. The van der Waals surface area contributed by atoms with Crippen LogP contribution in [0, 0.1) is 6.92 Å². The summed E-state index contributed by atoms with van der Waals surface area (Å²) < 4.78 is 24.9. The average molecular weight is 417 g/mol. The number of piperazine rings is 1. The summed E-state index contributed by atoms with van der Waals surface area (Å²) in [5.41, 5.74) is 3.95. The normalized spacial score (nSPS) is 15.2. The van der Waals surface area contributed by atoms with E-state index in [0.29, 0.717) is 11.3 Å². The molecule has 1 aliphatic rings. The van der Waals surface area contributed by atoms with Crippen molar-refractivity contribution in [3.8, 4) is 0 Å². The van der Waals surface area contributed by atoms with Crippen LogP contribution in [-0.2, 0) is 10.0 Å². The maximum absolute atomic E-state index is 12.5. The zero-order chi connectivity index (χ0) is 21.0. The van der Waals surface area contributed by atoms with Crippen LogP contribution in [0.5, 0.6) is 0 Å². The van der Waals surface area contributed by atoms with Gasteiger partial charge in [-0.15, -0.1) is 0 Å². The Hall–Kier alpha value is -2.58. The number of likely N-dealkylation sites (N-methyl/N-ethyl adjacent to an activating group) is 1. The molecule has 8 heteroatoms. The smallest absolute Gasteiger partial charge is 0.255 e. The molecule has 1 fully saturated rings. The van der Waals surface area contributed by atoms with Gasteiger partial charge >= 0.3 is 0 Å². The largest absolute Gasteiger partial charge is 0.369 e. The number of aryl methyl sites for hydroxylation is 1. The summed E-state index contributed by atoms with van der Waals surface area (Å²) in [7, 11) is -3.34. The first-order chi connectivity index (χ1) is 13.7. The van der Waals surface area contributed by atoms with Gasteiger partial charge in [0, 0.05) is 48.8 Å². The van der Waals surface area contributed by atoms with Crippen LogP contribution in [-0.4, -0.2) is 58.2 Å². The van der Waals surface area contributed by atoms with Gasteiger partial charge in [0.1, 0.15) is 0 Å². The summed E-state index contributed by atoms with van der Waals surface area (Å²) in [6.45, 7) is 9.49. The topological polar surface area (TPSA) is 81.8 Å². The summed E-state index contributed by atoms with van der Waals surface area (Å²) in [5.74, 6) is -0.236. The minimum Gasteiger partial charge on any atom is -0.369 e. The van der Waals surface area contributed by atoms with E-state index in [1.165, 1.54) is 5.69 Å². The number of rotatable bonds is 6. The van der Waals surface area contributed by atoms with E-state index in [2.05, 4.69) is 39.8 Å². The molecule has 0 bridgehead atoms. The van der Waals surface area contributed by atoms with Gasteiger partial charge in [-0.05, 0) is 61.5 Å². The van der Waals surface area contributed by atoms with Gasteiger partial charge in [0.25, 0.3) is 5.91 Å². The molecule has 2 aromatic rings. The number of sulfonamides is 1. The lowest BCUT2D eigenvalue weighted by Crippen LogP contribution is -2.46. The van der Waals surface area contributed by atoms with Gasteiger partial charge in [0.15, 0.2) is 0 Å². The quantitative estimate of drug-likeness (QED) is 0.757. The molecule has 0 aromatic heterocycles. The summed E-state index contributed by atoms with van der Waals surface area (Å²) >= 11 is 0. The van der Waals surface area contributed by atoms with Crippen LogP contribution in [0.3, 0.4) is 0 Å². The van der Waals surface area contributed by atoms with E-state index < -0.39 is 10.0 Å². The monoisotopic (exact) mass is 416 g/mol. The van der Waals surface area contributed by atoms with Crippen LogP contribution >= 0.6 is 0 Å². The van der Waals surface area contributed by atoms with Crippen molar-refractivity contribution in [3.63, 3.8) is 0 Å². The fraction of sp³-hybridized carbons (Fsp3) is 0.381. The molecule has 2 N–H and O–H groups in total. The lowest BCUT2D eigenvalue weighted by atomic mass is 10.1. The van der Waals surface area contributed by atoms with Gasteiger partial charge < -0.3 is 15.1 Å². The lowest BCUT2D eigenvalue weighted by Gasteiger charge is -2.36. The number of hydrogen-bond donors (Lipinski definition) is 2. The highest BCUT2D eigenvalue weighted by atomic mass is 32.2. The maximum atomic E-state index is 12.5. The molecular weight excluding hydrogens is 388 g/mol. The van der Waals surface area contributed by atoms with E-state index in [1.54, 1.807) is 24.3 Å². The van der Waals surface area contributed by atoms with Crippen molar-refractivity contribution < 1.29 is 13.2 Å². The van der Waals surface area contributed by atoms with E-state index in [4.69, 9.17) is 0 Å². The van der Waals surface area contributed by atoms with E-state index >= 15 is 0 Å². The van der Waals surface area contributed by atoms with Gasteiger partial charge in [-0.2, -0.15) is 0 Å². The third-order valence-electron chi connectivity index (χ3n) is 5.07. The van der Waals surface area contributed by atoms with E-state index in [-0.39, 0.29) is 5.91 Å². The van der Waals surface area contributed by atoms with E-state index in [9.17, 15) is 13.2 Å². The molecule has 0 spiro atoms. The van der Waals surface area contributed by atoms with Crippen molar-refractivity contribution in [3.05, 3.63) is 53.6 Å². The van der Waals surface area contributed by atoms with E-state index in [0.717, 1.165) is 50.2 Å². The zero-order valence-electron chi connectivity index (χ0n) is 17.1. The van der Waals surface area contributed by atoms with Crippen LogP contribution in [0.15, 0.2) is 42.5 Å². The summed E-state index contributed by atoms with van der Waals surface area (Å²) in [6, 6.07) is 12.3. The van der Waals surface area contributed by atoms with Crippen LogP contribution in [0.2, 0.25) is 0 Å². The summed E-state index contributed by atoms with van der Waals surface area (Å²) in [5, 5.41) is 2.91. The van der Waals surface area contributed by atoms with Gasteiger partial charge in [-0.3, -0.25) is 9.52 Å². The number of anilines is 3. The van der Waals surface area contributed by atoms with Crippen LogP contribution in [0.25, 0.3) is 0 Å². The van der Waals surface area contributed by atoms with Crippen LogP contribution < -0.4 is 14.9 Å². The number of nitrogens with one attached hydrogen (secondary N) is 2. The van der Waals surface area contributed by atoms with Crippen LogP contribution in [0.4, 0.5) is 17.1 Å². The highest BCUT2D eigenvalue weighted by Gasteiger charge is 2.17. The Bertz CT molecular complexity index is 966. The highest BCUT2D eigenvalue weighted by Crippen LogP contribution is 2.25.